The first-order chi connectivity index (χ1) is 20.0. The highest BCUT2D eigenvalue weighted by atomic mass is 35.5. The fraction of sp³-hybridized carbons (Fsp3) is 0.167. The number of aliphatic hydroxyl groups is 1. The molecule has 0 spiro atoms. The van der Waals surface area contributed by atoms with Crippen molar-refractivity contribution in [1.82, 2.24) is 15.6 Å². The average Bonchev–Trinajstić information content (AvgIpc) is 2.95. The standard InChI is InChI=1S/C30H23Cl3F3N3O3/c31-21-7-3-17(4-8-21)28-24(23-10-9-22(32)14-25(23)33)13-19(26(39-28)16-37-27(41)11-12-40)15-38-29(42)18-1-5-20(6-2-18)30(34,35)36/h1-10,13-14,40H,11-12,15-16H2,(H,37,41)(H,38,42). The molecule has 218 valence electrons. The van der Waals surface area contributed by atoms with Crippen molar-refractivity contribution in [3.05, 3.63) is 110 Å². The number of aliphatic hydroxyl groups excluding tert-OH is 1. The Hall–Kier alpha value is -3.63. The van der Waals surface area contributed by atoms with Crippen LogP contribution in [0.2, 0.25) is 15.1 Å². The molecule has 6 nitrogen and oxygen atoms in total. The molecule has 0 unspecified atom stereocenters. The second kappa shape index (κ2) is 13.6. The number of hydrogen-bond acceptors (Lipinski definition) is 4. The first-order valence-corrected chi connectivity index (χ1v) is 13.7. The molecule has 0 aliphatic carbocycles. The van der Waals surface area contributed by atoms with Crippen LogP contribution in [0.15, 0.2) is 72.8 Å². The van der Waals surface area contributed by atoms with E-state index in [9.17, 15) is 22.8 Å². The number of benzene rings is 3. The number of pyridine rings is 1. The Morgan fingerprint density at radius 1 is 0.810 bits per heavy atom. The van der Waals surface area contributed by atoms with Gasteiger partial charge in [0.15, 0.2) is 0 Å². The second-order valence-corrected chi connectivity index (χ2v) is 10.4. The van der Waals surface area contributed by atoms with Gasteiger partial charge < -0.3 is 15.7 Å². The summed E-state index contributed by atoms with van der Waals surface area (Å²) < 4.78 is 38.8. The summed E-state index contributed by atoms with van der Waals surface area (Å²) in [4.78, 5) is 29.8. The molecule has 3 N–H and O–H groups in total. The van der Waals surface area contributed by atoms with Crippen LogP contribution >= 0.6 is 34.8 Å². The van der Waals surface area contributed by atoms with Gasteiger partial charge in [0.1, 0.15) is 0 Å². The van der Waals surface area contributed by atoms with Gasteiger partial charge in [0.25, 0.3) is 5.91 Å². The van der Waals surface area contributed by atoms with Crippen molar-refractivity contribution >= 4 is 46.6 Å². The summed E-state index contributed by atoms with van der Waals surface area (Å²) in [5.74, 6) is -1.01. The summed E-state index contributed by atoms with van der Waals surface area (Å²) in [6, 6.07) is 17.6. The van der Waals surface area contributed by atoms with Crippen molar-refractivity contribution in [2.24, 2.45) is 0 Å². The molecule has 4 rings (SSSR count). The van der Waals surface area contributed by atoms with Crippen molar-refractivity contribution in [2.45, 2.75) is 25.7 Å². The second-order valence-electron chi connectivity index (χ2n) is 9.13. The molecule has 0 aliphatic heterocycles. The summed E-state index contributed by atoms with van der Waals surface area (Å²) in [6.07, 6.45) is -4.64. The van der Waals surface area contributed by atoms with Crippen molar-refractivity contribution in [2.75, 3.05) is 6.61 Å². The summed E-state index contributed by atoms with van der Waals surface area (Å²) in [7, 11) is 0. The Morgan fingerprint density at radius 2 is 1.48 bits per heavy atom. The van der Waals surface area contributed by atoms with Crippen LogP contribution in [0.5, 0.6) is 0 Å². The van der Waals surface area contributed by atoms with E-state index >= 15 is 0 Å². The van der Waals surface area contributed by atoms with Crippen LogP contribution in [-0.4, -0.2) is 28.5 Å². The number of aromatic nitrogens is 1. The molecule has 12 heteroatoms. The molecular weight excluding hydrogens is 614 g/mol. The van der Waals surface area contributed by atoms with Crippen LogP contribution in [0, 0.1) is 0 Å². The number of amides is 2. The van der Waals surface area contributed by atoms with Crippen LogP contribution in [0.1, 0.15) is 33.6 Å². The van der Waals surface area contributed by atoms with E-state index in [4.69, 9.17) is 44.9 Å². The van der Waals surface area contributed by atoms with E-state index in [-0.39, 0.29) is 31.7 Å². The normalized spacial score (nSPS) is 11.3. The number of halogens is 6. The largest absolute Gasteiger partial charge is 0.416 e. The molecule has 1 aromatic heterocycles. The van der Waals surface area contributed by atoms with Gasteiger partial charge in [-0.15, -0.1) is 0 Å². The maximum Gasteiger partial charge on any atom is 0.416 e. The van der Waals surface area contributed by atoms with Crippen LogP contribution in [0.3, 0.4) is 0 Å². The van der Waals surface area contributed by atoms with E-state index in [2.05, 4.69) is 10.6 Å². The quantitative estimate of drug-likeness (QED) is 0.180. The average molecular weight is 637 g/mol. The molecule has 1 heterocycles. The van der Waals surface area contributed by atoms with Crippen molar-refractivity contribution < 1.29 is 27.9 Å². The summed E-state index contributed by atoms with van der Waals surface area (Å²) >= 11 is 18.8. The smallest absolute Gasteiger partial charge is 0.396 e. The lowest BCUT2D eigenvalue weighted by atomic mass is 9.96. The third-order valence-electron chi connectivity index (χ3n) is 6.24. The number of carbonyl (C=O) groups excluding carboxylic acids is 2. The molecule has 0 radical (unpaired) electrons. The van der Waals surface area contributed by atoms with Gasteiger partial charge in [-0.3, -0.25) is 9.59 Å². The minimum atomic E-state index is -4.53. The number of nitrogens with zero attached hydrogens (tertiary/aromatic N) is 1. The topological polar surface area (TPSA) is 91.3 Å². The number of alkyl halides is 3. The Morgan fingerprint density at radius 3 is 2.10 bits per heavy atom. The number of nitrogens with one attached hydrogen (secondary N) is 2. The predicted molar refractivity (Wildman–Crippen MR) is 156 cm³/mol. The van der Waals surface area contributed by atoms with Crippen LogP contribution < -0.4 is 10.6 Å². The Balaban J connectivity index is 1.76. The number of rotatable bonds is 9. The van der Waals surface area contributed by atoms with Gasteiger partial charge >= 0.3 is 6.18 Å². The lowest BCUT2D eigenvalue weighted by Gasteiger charge is -2.18. The van der Waals surface area contributed by atoms with Gasteiger partial charge in [0.05, 0.1) is 30.1 Å². The minimum Gasteiger partial charge on any atom is -0.396 e. The molecule has 42 heavy (non-hydrogen) atoms. The first-order valence-electron chi connectivity index (χ1n) is 12.5. The molecule has 0 fully saturated rings. The molecule has 3 aromatic carbocycles. The molecule has 0 atom stereocenters. The van der Waals surface area contributed by atoms with Gasteiger partial charge in [0.2, 0.25) is 5.91 Å². The Labute approximate surface area is 254 Å². The minimum absolute atomic E-state index is 0.0282. The zero-order chi connectivity index (χ0) is 30.4. The Kier molecular flexibility index (Phi) is 10.1. The van der Waals surface area contributed by atoms with Crippen LogP contribution in [0.4, 0.5) is 13.2 Å². The monoisotopic (exact) mass is 635 g/mol. The van der Waals surface area contributed by atoms with E-state index in [1.165, 1.54) is 0 Å². The van der Waals surface area contributed by atoms with Gasteiger partial charge in [-0.2, -0.15) is 13.2 Å². The van der Waals surface area contributed by atoms with Crippen LogP contribution in [0.25, 0.3) is 22.4 Å². The summed E-state index contributed by atoms with van der Waals surface area (Å²) in [6.45, 7) is -0.434. The fourth-order valence-corrected chi connectivity index (χ4v) is 4.74. The SMILES string of the molecule is O=C(CCO)NCc1nc(-c2ccc(Cl)cc2)c(-c2ccc(Cl)cc2Cl)cc1CNC(=O)c1ccc(C(F)(F)F)cc1. The maximum absolute atomic E-state index is 12.9. The molecule has 4 aromatic rings. The van der Waals surface area contributed by atoms with Crippen molar-refractivity contribution in [3.8, 4) is 22.4 Å². The molecule has 0 saturated carbocycles. The molecule has 2 amide bonds. The lowest BCUT2D eigenvalue weighted by Crippen LogP contribution is -2.27. The van der Waals surface area contributed by atoms with Gasteiger partial charge in [-0.1, -0.05) is 53.0 Å². The van der Waals surface area contributed by atoms with Gasteiger partial charge in [-0.05, 0) is 60.2 Å². The van der Waals surface area contributed by atoms with Crippen molar-refractivity contribution in [3.63, 3.8) is 0 Å². The van der Waals surface area contributed by atoms with E-state index in [0.29, 0.717) is 48.7 Å². The molecule has 0 bridgehead atoms. The zero-order valence-corrected chi connectivity index (χ0v) is 24.0. The van der Waals surface area contributed by atoms with Gasteiger partial charge in [-0.25, -0.2) is 4.98 Å². The van der Waals surface area contributed by atoms with Crippen molar-refractivity contribution in [1.29, 1.82) is 0 Å². The van der Waals surface area contributed by atoms with E-state index < -0.39 is 23.6 Å². The lowest BCUT2D eigenvalue weighted by molar-refractivity contribution is -0.137. The first kappa shape index (κ1) is 31.3. The Bertz CT molecular complexity index is 1600. The molecular formula is C30H23Cl3F3N3O3. The number of hydrogen-bond donors (Lipinski definition) is 3. The summed E-state index contributed by atoms with van der Waals surface area (Å²) in [5, 5.41) is 15.8. The maximum atomic E-state index is 12.9. The zero-order valence-electron chi connectivity index (χ0n) is 21.7. The highest BCUT2D eigenvalue weighted by Crippen LogP contribution is 2.38. The van der Waals surface area contributed by atoms with Crippen LogP contribution in [-0.2, 0) is 24.1 Å². The predicted octanol–water partition coefficient (Wildman–Crippen LogP) is 7.32. The van der Waals surface area contributed by atoms with E-state index in [1.54, 1.807) is 48.5 Å². The highest BCUT2D eigenvalue weighted by molar-refractivity contribution is 6.36. The molecule has 0 aliphatic rings. The highest BCUT2D eigenvalue weighted by Gasteiger charge is 2.30. The fourth-order valence-electron chi connectivity index (χ4n) is 4.10. The third kappa shape index (κ3) is 7.80. The summed E-state index contributed by atoms with van der Waals surface area (Å²) in [5.41, 5.74) is 2.50. The number of carbonyl (C=O) groups is 2. The molecule has 0 saturated heterocycles. The van der Waals surface area contributed by atoms with E-state index in [0.717, 1.165) is 24.3 Å². The van der Waals surface area contributed by atoms with Gasteiger partial charge in [0, 0.05) is 50.3 Å². The van der Waals surface area contributed by atoms with E-state index in [1.807, 2.05) is 0 Å². The third-order valence-corrected chi connectivity index (χ3v) is 7.04.